The van der Waals surface area contributed by atoms with Gasteiger partial charge in [-0.2, -0.15) is 23.3 Å². The van der Waals surface area contributed by atoms with Gasteiger partial charge in [0.2, 0.25) is 11.7 Å². The van der Waals surface area contributed by atoms with E-state index in [0.717, 1.165) is 18.9 Å². The summed E-state index contributed by atoms with van der Waals surface area (Å²) in [4.78, 5) is 14.4. The van der Waals surface area contributed by atoms with Crippen LogP contribution in [0.25, 0.3) is 11.4 Å². The van der Waals surface area contributed by atoms with Gasteiger partial charge < -0.3 is 4.52 Å². The number of benzene rings is 1. The average Bonchev–Trinajstić information content (AvgIpc) is 3.22. The van der Waals surface area contributed by atoms with E-state index in [1.165, 1.54) is 28.9 Å². The second-order valence-corrected chi connectivity index (χ2v) is 6.52. The second-order valence-electron chi connectivity index (χ2n) is 6.52. The van der Waals surface area contributed by atoms with Gasteiger partial charge in [-0.25, -0.2) is 0 Å². The number of nitrogens with zero attached hydrogens (tertiary/aromatic N) is 5. The minimum Gasteiger partial charge on any atom is -0.339 e. The van der Waals surface area contributed by atoms with Crippen LogP contribution < -0.4 is 0 Å². The van der Waals surface area contributed by atoms with Gasteiger partial charge in [-0.15, -0.1) is 0 Å². The third-order valence-corrected chi connectivity index (χ3v) is 4.44. The molecule has 0 amide bonds. The van der Waals surface area contributed by atoms with Gasteiger partial charge in [0.25, 0.3) is 5.69 Å². The van der Waals surface area contributed by atoms with Gasteiger partial charge in [0.05, 0.1) is 11.5 Å². The summed E-state index contributed by atoms with van der Waals surface area (Å²) in [5, 5.41) is 18.2. The van der Waals surface area contributed by atoms with Crippen molar-refractivity contribution in [1.29, 1.82) is 0 Å². The van der Waals surface area contributed by atoms with Crippen molar-refractivity contribution in [3.63, 3.8) is 0 Å². The molecule has 4 rings (SSSR count). The van der Waals surface area contributed by atoms with Gasteiger partial charge in [-0.1, -0.05) is 5.16 Å². The fourth-order valence-corrected chi connectivity index (χ4v) is 2.86. The third-order valence-electron chi connectivity index (χ3n) is 4.44. The van der Waals surface area contributed by atoms with Crippen LogP contribution in [0, 0.1) is 10.1 Å². The molecule has 0 atom stereocenters. The molecule has 0 spiro atoms. The maximum Gasteiger partial charge on any atom is 0.435 e. The Morgan fingerprint density at radius 2 is 1.96 bits per heavy atom. The van der Waals surface area contributed by atoms with E-state index in [9.17, 15) is 23.3 Å². The molecule has 11 heteroatoms. The van der Waals surface area contributed by atoms with Crippen LogP contribution in [0.15, 0.2) is 34.9 Å². The molecule has 3 aromatic rings. The summed E-state index contributed by atoms with van der Waals surface area (Å²) in [7, 11) is 0. The standard InChI is InChI=1S/C17H14F3N5O3/c18-17(19,20)14-9-13(10-1-2-10)24(22-14)8-7-15-21-16(23-28-15)11-3-5-12(6-4-11)25(26)27/h3-6,9-10H,1-2,7-8H2. The summed E-state index contributed by atoms with van der Waals surface area (Å²) in [6.07, 6.45) is -2.55. The molecule has 0 radical (unpaired) electrons. The average molecular weight is 393 g/mol. The number of nitro groups is 1. The number of halogens is 3. The largest absolute Gasteiger partial charge is 0.435 e. The normalized spacial score (nSPS) is 14.4. The van der Waals surface area contributed by atoms with E-state index in [2.05, 4.69) is 15.2 Å². The zero-order valence-corrected chi connectivity index (χ0v) is 14.4. The van der Waals surface area contributed by atoms with Crippen molar-refractivity contribution in [2.24, 2.45) is 0 Å². The van der Waals surface area contributed by atoms with E-state index < -0.39 is 16.8 Å². The van der Waals surface area contributed by atoms with Gasteiger partial charge in [-0.3, -0.25) is 14.8 Å². The van der Waals surface area contributed by atoms with Gasteiger partial charge in [0.15, 0.2) is 5.69 Å². The summed E-state index contributed by atoms with van der Waals surface area (Å²) < 4.78 is 45.3. The SMILES string of the molecule is O=[N+]([O-])c1ccc(-c2noc(CCn3nc(C(F)(F)F)cc3C3CC3)n2)cc1. The lowest BCUT2D eigenvalue weighted by atomic mass is 10.2. The molecular weight excluding hydrogens is 379 g/mol. The molecule has 0 N–H and O–H groups in total. The Morgan fingerprint density at radius 3 is 2.57 bits per heavy atom. The Morgan fingerprint density at radius 1 is 1.25 bits per heavy atom. The zero-order valence-electron chi connectivity index (χ0n) is 14.4. The topological polar surface area (TPSA) is 99.9 Å². The second kappa shape index (κ2) is 6.73. The summed E-state index contributed by atoms with van der Waals surface area (Å²) in [5.74, 6) is 0.616. The van der Waals surface area contributed by atoms with E-state index >= 15 is 0 Å². The molecule has 28 heavy (non-hydrogen) atoms. The van der Waals surface area contributed by atoms with Crippen LogP contribution in [0.4, 0.5) is 18.9 Å². The Labute approximate surface area is 156 Å². The Kier molecular flexibility index (Phi) is 4.36. The van der Waals surface area contributed by atoms with Gasteiger partial charge >= 0.3 is 6.18 Å². The molecule has 0 aliphatic heterocycles. The molecule has 1 aromatic carbocycles. The smallest absolute Gasteiger partial charge is 0.339 e. The van der Waals surface area contributed by atoms with Crippen LogP contribution >= 0.6 is 0 Å². The van der Waals surface area contributed by atoms with Crippen molar-refractivity contribution in [3.8, 4) is 11.4 Å². The van der Waals surface area contributed by atoms with E-state index in [1.807, 2.05) is 0 Å². The Balaban J connectivity index is 1.48. The summed E-state index contributed by atoms with van der Waals surface area (Å²) in [5.41, 5.74) is 0.158. The first-order valence-electron chi connectivity index (χ1n) is 8.53. The molecule has 0 unspecified atom stereocenters. The van der Waals surface area contributed by atoms with Gasteiger partial charge in [0.1, 0.15) is 0 Å². The van der Waals surface area contributed by atoms with Gasteiger partial charge in [-0.05, 0) is 31.0 Å². The summed E-state index contributed by atoms with van der Waals surface area (Å²) in [6, 6.07) is 6.77. The van der Waals surface area contributed by atoms with Crippen LogP contribution in [0.1, 0.15) is 36.0 Å². The maximum atomic E-state index is 12.9. The molecule has 2 aromatic heterocycles. The summed E-state index contributed by atoms with van der Waals surface area (Å²) >= 11 is 0. The van der Waals surface area contributed by atoms with Crippen LogP contribution in [-0.2, 0) is 19.1 Å². The highest BCUT2D eigenvalue weighted by Crippen LogP contribution is 2.42. The molecule has 1 saturated carbocycles. The zero-order chi connectivity index (χ0) is 19.9. The Bertz CT molecular complexity index is 1010. The predicted octanol–water partition coefficient (Wildman–Crippen LogP) is 3.98. The minimum absolute atomic E-state index is 0.0563. The molecule has 1 aliphatic carbocycles. The lowest BCUT2D eigenvalue weighted by molar-refractivity contribution is -0.384. The van der Waals surface area contributed by atoms with E-state index in [4.69, 9.17) is 4.52 Å². The molecular formula is C17H14F3N5O3. The van der Waals surface area contributed by atoms with Gasteiger partial charge in [0, 0.05) is 35.7 Å². The molecule has 1 fully saturated rings. The fourth-order valence-electron chi connectivity index (χ4n) is 2.86. The van der Waals surface area contributed by atoms with Crippen LogP contribution in [0.3, 0.4) is 0 Å². The van der Waals surface area contributed by atoms with E-state index in [0.29, 0.717) is 11.3 Å². The first kappa shape index (κ1) is 18.1. The number of hydrogen-bond acceptors (Lipinski definition) is 6. The lowest BCUT2D eigenvalue weighted by Crippen LogP contribution is -2.10. The van der Waals surface area contributed by atoms with Crippen molar-refractivity contribution in [2.75, 3.05) is 0 Å². The molecule has 2 heterocycles. The molecule has 0 bridgehead atoms. The molecule has 1 aliphatic rings. The number of aromatic nitrogens is 4. The van der Waals surface area contributed by atoms with Crippen LogP contribution in [-0.4, -0.2) is 24.8 Å². The first-order valence-corrected chi connectivity index (χ1v) is 8.53. The molecule has 0 saturated heterocycles. The van der Waals surface area contributed by atoms with Crippen molar-refractivity contribution in [2.45, 2.75) is 37.9 Å². The predicted molar refractivity (Wildman–Crippen MR) is 89.3 cm³/mol. The van der Waals surface area contributed by atoms with Crippen LogP contribution in [0.2, 0.25) is 0 Å². The number of hydrogen-bond donors (Lipinski definition) is 0. The fraction of sp³-hybridized carbons (Fsp3) is 0.353. The number of nitro benzene ring substituents is 1. The quantitative estimate of drug-likeness (QED) is 0.464. The van der Waals surface area contributed by atoms with Crippen molar-refractivity contribution in [3.05, 3.63) is 57.7 Å². The van der Waals surface area contributed by atoms with Crippen LogP contribution in [0.5, 0.6) is 0 Å². The third kappa shape index (κ3) is 3.73. The molecule has 146 valence electrons. The number of rotatable bonds is 6. The number of alkyl halides is 3. The van der Waals surface area contributed by atoms with Crippen molar-refractivity contribution < 1.29 is 22.6 Å². The lowest BCUT2D eigenvalue weighted by Gasteiger charge is -2.04. The first-order chi connectivity index (χ1) is 13.3. The number of aryl methyl sites for hydroxylation is 2. The minimum atomic E-state index is -4.48. The highest BCUT2D eigenvalue weighted by Gasteiger charge is 2.37. The van der Waals surface area contributed by atoms with Crippen molar-refractivity contribution in [1.82, 2.24) is 19.9 Å². The van der Waals surface area contributed by atoms with Crippen molar-refractivity contribution >= 4 is 5.69 Å². The van der Waals surface area contributed by atoms with E-state index in [1.54, 1.807) is 0 Å². The Hall–Kier alpha value is -3.24. The highest BCUT2D eigenvalue weighted by molar-refractivity contribution is 5.56. The molecule has 8 nitrogen and oxygen atoms in total. The highest BCUT2D eigenvalue weighted by atomic mass is 19.4. The maximum absolute atomic E-state index is 12.9. The summed E-state index contributed by atoms with van der Waals surface area (Å²) in [6.45, 7) is 0.184. The van der Waals surface area contributed by atoms with E-state index in [-0.39, 0.29) is 36.3 Å². The monoisotopic (exact) mass is 393 g/mol. The number of non-ortho nitro benzene ring substituents is 1.